The second kappa shape index (κ2) is 30.8. The molecule has 4 rings (SSSR count). The molecule has 0 aliphatic rings. The summed E-state index contributed by atoms with van der Waals surface area (Å²) >= 11 is 18.1. The van der Waals surface area contributed by atoms with Gasteiger partial charge in [0.2, 0.25) is 0 Å². The van der Waals surface area contributed by atoms with E-state index in [0.717, 1.165) is 35.1 Å². The molecule has 0 aliphatic heterocycles. The minimum atomic E-state index is -3.45. The van der Waals surface area contributed by atoms with Gasteiger partial charge in [-0.15, -0.1) is 29.6 Å². The van der Waals surface area contributed by atoms with Gasteiger partial charge in [-0.1, -0.05) is 19.1 Å². The molecule has 434 valence electrons. The summed E-state index contributed by atoms with van der Waals surface area (Å²) in [6.07, 6.45) is 7.19. The average molecular weight is 1250 g/mol. The molecule has 0 amide bonds. The first-order valence-corrected chi connectivity index (χ1v) is 35.5. The van der Waals surface area contributed by atoms with Crippen LogP contribution in [0.3, 0.4) is 0 Å². The standard InChI is InChI=1S/C52H76N10O10P5S3/c1-16-34-52(8,75(80)61(11)56-38-43-21-29-47(30-22-43)71-51(6,7)74(79)59(9)54-36-42-19-27-45(28-20-42)69-49(2,3)57-58-53)72-48-31-23-44(24-32-48)37-55-60(10)73(78)50(4,5)70-46-25-17-41(18-26-46)33-35-62(39-76(63,65-12)66-13)40-77(64,67-14)68-15/h17-32,36-38H,16,33-35,39-40H2,1-15H3/q+3/b54-36+,55-37+,56-38+. The molecule has 0 bridgehead atoms. The fraction of sp³-hybridized carbons (Fsp3) is 0.481. The van der Waals surface area contributed by atoms with Crippen molar-refractivity contribution in [2.75, 3.05) is 68.7 Å². The van der Waals surface area contributed by atoms with Crippen LogP contribution in [0.15, 0.2) is 117 Å². The third kappa shape index (κ3) is 21.1. The molecule has 0 aliphatic carbocycles. The molecule has 80 heavy (non-hydrogen) atoms. The summed E-state index contributed by atoms with van der Waals surface area (Å²) in [7, 11) is 3.89. The van der Waals surface area contributed by atoms with E-state index in [9.17, 15) is 9.13 Å². The second-order valence-electron chi connectivity index (χ2n) is 19.6. The summed E-state index contributed by atoms with van der Waals surface area (Å²) in [5.41, 5.74) is 11.3. The Labute approximate surface area is 490 Å². The second-order valence-corrected chi connectivity index (χ2v) is 33.7. The van der Waals surface area contributed by atoms with E-state index >= 15 is 0 Å². The summed E-state index contributed by atoms with van der Waals surface area (Å²) in [4.78, 5) is 4.53. The van der Waals surface area contributed by atoms with Crippen molar-refractivity contribution in [2.45, 2.75) is 96.4 Å². The van der Waals surface area contributed by atoms with Gasteiger partial charge in [0.1, 0.15) is 35.6 Å². The maximum Gasteiger partial charge on any atom is 0.358 e. The Morgan fingerprint density at radius 3 is 1.24 bits per heavy atom. The Morgan fingerprint density at radius 1 is 0.550 bits per heavy atom. The Kier molecular flexibility index (Phi) is 26.2. The highest BCUT2D eigenvalue weighted by Crippen LogP contribution is 2.52. The van der Waals surface area contributed by atoms with Gasteiger partial charge in [-0.2, -0.15) is 0 Å². The average Bonchev–Trinajstić information content (AvgIpc) is 3.47. The van der Waals surface area contributed by atoms with Crippen LogP contribution in [0.1, 0.15) is 90.5 Å². The Balaban J connectivity index is 1.30. The number of nitrogens with zero attached hydrogens (tertiary/aromatic N) is 10. The van der Waals surface area contributed by atoms with Gasteiger partial charge in [-0.3, -0.25) is 14.0 Å². The van der Waals surface area contributed by atoms with Gasteiger partial charge in [0.05, 0.1) is 39.8 Å². The summed E-state index contributed by atoms with van der Waals surface area (Å²) in [6.45, 7) is 11.8. The van der Waals surface area contributed by atoms with Crippen LogP contribution in [0, 0.1) is 0 Å². The lowest BCUT2D eigenvalue weighted by molar-refractivity contribution is 0.117. The van der Waals surface area contributed by atoms with E-state index in [1.54, 1.807) is 59.1 Å². The highest BCUT2D eigenvalue weighted by Gasteiger charge is 2.46. The van der Waals surface area contributed by atoms with Crippen molar-refractivity contribution in [3.63, 3.8) is 0 Å². The normalized spacial score (nSPS) is 13.9. The van der Waals surface area contributed by atoms with E-state index in [2.05, 4.69) is 22.1 Å². The third-order valence-electron chi connectivity index (χ3n) is 11.8. The first kappa shape index (κ1) is 68.1. The Hall–Kier alpha value is -4.38. The van der Waals surface area contributed by atoms with Crippen LogP contribution in [0.25, 0.3) is 10.4 Å². The molecule has 0 saturated heterocycles. The lowest BCUT2D eigenvalue weighted by Gasteiger charge is -2.27. The predicted octanol–water partition coefficient (Wildman–Crippen LogP) is 14.4. The Bertz CT molecular complexity index is 2910. The molecule has 28 heteroatoms. The van der Waals surface area contributed by atoms with Crippen LogP contribution in [-0.2, 0) is 69.1 Å². The maximum absolute atomic E-state index is 13.0. The predicted molar refractivity (Wildman–Crippen MR) is 335 cm³/mol. The number of rotatable bonds is 34. The van der Waals surface area contributed by atoms with Crippen LogP contribution in [0.5, 0.6) is 23.0 Å². The molecule has 0 radical (unpaired) electrons. The Morgan fingerprint density at radius 2 is 0.887 bits per heavy atom. The van der Waals surface area contributed by atoms with E-state index in [-0.39, 0.29) is 12.6 Å². The van der Waals surface area contributed by atoms with Crippen LogP contribution in [-0.4, -0.2) is 128 Å². The maximum atomic E-state index is 13.0. The lowest BCUT2D eigenvalue weighted by Crippen LogP contribution is -2.31. The molecule has 4 aromatic rings. The van der Waals surface area contributed by atoms with Crippen molar-refractivity contribution in [1.82, 2.24) is 19.2 Å². The van der Waals surface area contributed by atoms with Crippen molar-refractivity contribution in [3.05, 3.63) is 130 Å². The highest BCUT2D eigenvalue weighted by atomic mass is 32.4. The van der Waals surface area contributed by atoms with Gasteiger partial charge in [-0.25, -0.2) is 0 Å². The molecular weight excluding hydrogens is 1180 g/mol. The molecular formula is C52H76N10O10P5S3+3. The number of azide groups is 1. The molecule has 0 saturated carbocycles. The fourth-order valence-electron chi connectivity index (χ4n) is 7.50. The van der Waals surface area contributed by atoms with Crippen LogP contribution < -0.4 is 18.9 Å². The molecule has 20 nitrogen and oxygen atoms in total. The summed E-state index contributed by atoms with van der Waals surface area (Å²) in [6, 6.07) is 30.3. The van der Waals surface area contributed by atoms with Gasteiger partial charge in [0.15, 0.2) is 41.1 Å². The lowest BCUT2D eigenvalue weighted by atomic mass is 10.1. The fourth-order valence-corrected chi connectivity index (χ4v) is 14.3. The number of hydrogen-bond acceptors (Lipinski definition) is 18. The van der Waals surface area contributed by atoms with E-state index in [4.69, 9.17) is 88.2 Å². The number of hydrogen-bond donors (Lipinski definition) is 0. The SMILES string of the molecule is CCCC(C)(Oc1ccc(/C=N/N(C)[P+](=S)C(C)(C)Oc2ccc(CCN(CP(=O)(OC)OC)CP(=O)(OC)OC)cc2)cc1)[P+](=S)N(C)/N=C/c1ccc(OC(C)(C)[P+](=S)N(C)/N=C/c2ccc(OC(C)(C)N=[N+]=[N-])cc2)cc1. The van der Waals surface area contributed by atoms with Gasteiger partial charge in [0, 0.05) is 80.9 Å². The monoisotopic (exact) mass is 1250 g/mol. The molecule has 0 N–H and O–H groups in total. The topological polar surface area (TPSA) is 207 Å². The van der Waals surface area contributed by atoms with Crippen molar-refractivity contribution in [3.8, 4) is 23.0 Å². The quantitative estimate of drug-likeness (QED) is 0.0106. The first-order valence-electron chi connectivity index (χ1n) is 25.2. The van der Waals surface area contributed by atoms with E-state index < -0.39 is 57.5 Å². The zero-order valence-corrected chi connectivity index (χ0v) is 55.1. The smallest absolute Gasteiger partial charge is 0.358 e. The van der Waals surface area contributed by atoms with Crippen LogP contribution >= 0.6 is 35.7 Å². The highest BCUT2D eigenvalue weighted by molar-refractivity contribution is 8.05. The first-order chi connectivity index (χ1) is 37.6. The van der Waals surface area contributed by atoms with Crippen molar-refractivity contribution < 1.29 is 46.2 Å². The summed E-state index contributed by atoms with van der Waals surface area (Å²) in [5, 5.41) is 15.5. The molecule has 0 fully saturated rings. The van der Waals surface area contributed by atoms with Crippen LogP contribution in [0.4, 0.5) is 0 Å². The molecule has 4 atom stereocenters. The van der Waals surface area contributed by atoms with Gasteiger partial charge < -0.3 is 37.0 Å². The van der Waals surface area contributed by atoms with Crippen molar-refractivity contribution in [2.24, 2.45) is 20.4 Å². The van der Waals surface area contributed by atoms with E-state index in [0.29, 0.717) is 36.0 Å². The van der Waals surface area contributed by atoms with Gasteiger partial charge >= 0.3 is 35.7 Å². The zero-order valence-electron chi connectivity index (χ0n) is 48.2. The van der Waals surface area contributed by atoms with E-state index in [1.165, 1.54) is 28.4 Å². The minimum absolute atomic E-state index is 0.0945. The molecule has 0 spiro atoms. The van der Waals surface area contributed by atoms with Crippen molar-refractivity contribution >= 4 is 89.8 Å². The number of hydrazone groups is 3. The zero-order chi connectivity index (χ0) is 59.5. The number of ether oxygens (including phenoxy) is 4. The molecule has 4 aromatic carbocycles. The van der Waals surface area contributed by atoms with Crippen LogP contribution in [0.2, 0.25) is 0 Å². The van der Waals surface area contributed by atoms with Crippen molar-refractivity contribution in [1.29, 1.82) is 0 Å². The minimum Gasteiger partial charge on any atom is -0.482 e. The number of benzene rings is 4. The molecule has 0 heterocycles. The molecule has 0 aromatic heterocycles. The van der Waals surface area contributed by atoms with Gasteiger partial charge in [0.25, 0.3) is 16.0 Å². The largest absolute Gasteiger partial charge is 0.482 e. The summed E-state index contributed by atoms with van der Waals surface area (Å²) in [5.74, 6) is 2.55. The van der Waals surface area contributed by atoms with E-state index in [1.807, 2.05) is 145 Å². The molecule has 4 unspecified atom stereocenters. The van der Waals surface area contributed by atoms with Gasteiger partial charge in [-0.05, 0) is 145 Å². The third-order valence-corrected chi connectivity index (χ3v) is 26.5. The summed E-state index contributed by atoms with van der Waals surface area (Å²) < 4.78 is 77.0.